The summed E-state index contributed by atoms with van der Waals surface area (Å²) in [5, 5.41) is 25.7. The van der Waals surface area contributed by atoms with E-state index in [9.17, 15) is 0 Å². The van der Waals surface area contributed by atoms with Crippen molar-refractivity contribution < 1.29 is 4.42 Å². The molecule has 1 heterocycles. The first kappa shape index (κ1) is 50.7. The first-order chi connectivity index (χ1) is 44.4. The number of hydrogen-bond acceptors (Lipinski definition) is 1. The summed E-state index contributed by atoms with van der Waals surface area (Å²) >= 11 is 0. The van der Waals surface area contributed by atoms with Crippen LogP contribution in [-0.2, 0) is 5.41 Å². The quantitative estimate of drug-likeness (QED) is 0.124. The van der Waals surface area contributed by atoms with Crippen LogP contribution in [0.15, 0.2) is 308 Å². The zero-order valence-electron chi connectivity index (χ0n) is 49.8. The van der Waals surface area contributed by atoms with Crippen molar-refractivity contribution in [3.63, 3.8) is 0 Å². The van der Waals surface area contributed by atoms with Crippen LogP contribution in [0, 0.1) is 0 Å². The van der Waals surface area contributed by atoms with Crippen LogP contribution in [0.2, 0.25) is 0 Å². The Morgan fingerprint density at radius 1 is 0.211 bits per heavy atom. The number of fused-ring (bicyclic) bond motifs is 9. The number of benzene rings is 18. The van der Waals surface area contributed by atoms with E-state index >= 15 is 0 Å². The Balaban J connectivity index is 0.000000138. The van der Waals surface area contributed by atoms with Gasteiger partial charge in [0.25, 0.3) is 0 Å². The Kier molecular flexibility index (Phi) is 10.9. The van der Waals surface area contributed by atoms with Crippen molar-refractivity contribution in [3.05, 3.63) is 314 Å². The number of hydrogen-bond donors (Lipinski definition) is 0. The van der Waals surface area contributed by atoms with Gasteiger partial charge in [-0.25, -0.2) is 0 Å². The highest BCUT2D eigenvalue weighted by Gasteiger charge is 2.36. The molecule has 0 bridgehead atoms. The van der Waals surface area contributed by atoms with Crippen LogP contribution in [0.3, 0.4) is 0 Å². The van der Waals surface area contributed by atoms with Gasteiger partial charge in [0, 0.05) is 16.2 Å². The van der Waals surface area contributed by atoms with E-state index in [0.29, 0.717) is 0 Å². The smallest absolute Gasteiger partial charge is 0.136 e. The summed E-state index contributed by atoms with van der Waals surface area (Å²) in [6.45, 7) is 4.79. The summed E-state index contributed by atoms with van der Waals surface area (Å²) in [7, 11) is 0. The zero-order chi connectivity index (χ0) is 59.3. The fourth-order valence-electron chi connectivity index (χ4n) is 15.9. The van der Waals surface area contributed by atoms with Crippen LogP contribution in [0.1, 0.15) is 25.0 Å². The maximum atomic E-state index is 6.30. The summed E-state index contributed by atoms with van der Waals surface area (Å²) in [4.78, 5) is 0. The molecule has 0 saturated heterocycles. The van der Waals surface area contributed by atoms with Gasteiger partial charge in [-0.2, -0.15) is 0 Å². The SMILES string of the molecule is CC1(C)c2cc(-c3ccc(-c4ccc5ccc6cccc7ccc4c5c67)cc3)ccc2-c2ccc(-c3ccc4ccc5cccc6ccc3c4c56)cc21.c1ccc(-c2c3ccccc3c(-c3ccc4oc5cc6ccccc6cc5c4c3)c3ccccc23)cc1. The van der Waals surface area contributed by atoms with Crippen LogP contribution >= 0.6 is 0 Å². The first-order valence-electron chi connectivity index (χ1n) is 31.4. The monoisotopic (exact) mass is 1140 g/mol. The molecule has 1 nitrogen and oxygen atoms in total. The maximum Gasteiger partial charge on any atom is 0.136 e. The zero-order valence-corrected chi connectivity index (χ0v) is 49.8. The van der Waals surface area contributed by atoms with Gasteiger partial charge in [-0.05, 0) is 211 Å². The van der Waals surface area contributed by atoms with Crippen molar-refractivity contribution in [3.8, 4) is 66.8 Å². The summed E-state index contributed by atoms with van der Waals surface area (Å²) in [6.07, 6.45) is 0. The lowest BCUT2D eigenvalue weighted by atomic mass is 9.80. The summed E-state index contributed by atoms with van der Waals surface area (Å²) in [5.74, 6) is 0. The minimum absolute atomic E-state index is 0.123. The van der Waals surface area contributed by atoms with E-state index in [2.05, 4.69) is 317 Å². The van der Waals surface area contributed by atoms with Crippen LogP contribution in [0.25, 0.3) is 186 Å². The summed E-state index contributed by atoms with van der Waals surface area (Å²) in [6, 6.07) is 112. The van der Waals surface area contributed by atoms with E-state index in [1.54, 1.807) is 0 Å². The van der Waals surface area contributed by atoms with Crippen molar-refractivity contribution in [2.45, 2.75) is 19.3 Å². The largest absolute Gasteiger partial charge is 0.456 e. The number of rotatable bonds is 5. The van der Waals surface area contributed by atoms with Crippen molar-refractivity contribution in [2.24, 2.45) is 0 Å². The van der Waals surface area contributed by atoms with Gasteiger partial charge in [-0.3, -0.25) is 0 Å². The molecule has 0 saturated carbocycles. The molecule has 0 N–H and O–H groups in total. The van der Waals surface area contributed by atoms with Gasteiger partial charge in [0.2, 0.25) is 0 Å². The minimum atomic E-state index is -0.123. The van der Waals surface area contributed by atoms with E-state index in [1.807, 2.05) is 0 Å². The molecule has 0 aliphatic heterocycles. The molecule has 0 unspecified atom stereocenters. The number of furan rings is 1. The molecular formula is C89H56O. The molecule has 0 fully saturated rings. The summed E-state index contributed by atoms with van der Waals surface area (Å²) in [5.41, 5.74) is 19.8. The molecule has 18 aromatic carbocycles. The Morgan fingerprint density at radius 2 is 0.611 bits per heavy atom. The van der Waals surface area contributed by atoms with Crippen LogP contribution in [0.4, 0.5) is 0 Å². The fourth-order valence-corrected chi connectivity index (χ4v) is 15.9. The second-order valence-electron chi connectivity index (χ2n) is 25.4. The molecule has 418 valence electrons. The average molecular weight is 1140 g/mol. The Morgan fingerprint density at radius 3 is 1.19 bits per heavy atom. The van der Waals surface area contributed by atoms with Crippen molar-refractivity contribution in [1.29, 1.82) is 0 Å². The van der Waals surface area contributed by atoms with Gasteiger partial charge < -0.3 is 4.42 Å². The van der Waals surface area contributed by atoms with E-state index in [0.717, 1.165) is 21.9 Å². The highest BCUT2D eigenvalue weighted by atomic mass is 16.3. The highest BCUT2D eigenvalue weighted by Crippen LogP contribution is 2.52. The molecule has 0 amide bonds. The molecule has 1 aromatic heterocycles. The van der Waals surface area contributed by atoms with Gasteiger partial charge >= 0.3 is 0 Å². The van der Waals surface area contributed by atoms with E-state index in [4.69, 9.17) is 4.42 Å². The van der Waals surface area contributed by atoms with Crippen LogP contribution in [0.5, 0.6) is 0 Å². The Labute approximate surface area is 520 Å². The molecule has 19 aromatic rings. The molecule has 1 heteroatoms. The van der Waals surface area contributed by atoms with Crippen molar-refractivity contribution in [2.75, 3.05) is 0 Å². The second-order valence-corrected chi connectivity index (χ2v) is 25.4. The van der Waals surface area contributed by atoms with Crippen LogP contribution < -0.4 is 0 Å². The lowest BCUT2D eigenvalue weighted by molar-refractivity contribution is 0.661. The molecule has 1 aliphatic carbocycles. The van der Waals surface area contributed by atoms with Crippen molar-refractivity contribution in [1.82, 2.24) is 0 Å². The molecule has 20 rings (SSSR count). The van der Waals surface area contributed by atoms with E-state index in [1.165, 1.54) is 175 Å². The van der Waals surface area contributed by atoms with Crippen LogP contribution in [-0.4, -0.2) is 0 Å². The predicted molar refractivity (Wildman–Crippen MR) is 385 cm³/mol. The Hall–Kier alpha value is -11.4. The van der Waals surface area contributed by atoms with Crippen molar-refractivity contribution >= 4 is 119 Å². The van der Waals surface area contributed by atoms with E-state index in [-0.39, 0.29) is 5.41 Å². The first-order valence-corrected chi connectivity index (χ1v) is 31.4. The molecule has 90 heavy (non-hydrogen) atoms. The normalized spacial score (nSPS) is 12.9. The van der Waals surface area contributed by atoms with Gasteiger partial charge in [0.1, 0.15) is 11.2 Å². The maximum absolute atomic E-state index is 6.30. The lowest BCUT2D eigenvalue weighted by Crippen LogP contribution is -2.15. The summed E-state index contributed by atoms with van der Waals surface area (Å²) < 4.78 is 6.30. The molecule has 1 aliphatic rings. The van der Waals surface area contributed by atoms with Gasteiger partial charge in [0.15, 0.2) is 0 Å². The molecular weight excluding hydrogens is 1080 g/mol. The second kappa shape index (κ2) is 19.3. The van der Waals surface area contributed by atoms with Gasteiger partial charge in [0.05, 0.1) is 0 Å². The average Bonchev–Trinajstić information content (AvgIpc) is 1.32. The Bertz CT molecular complexity index is 6070. The third-order valence-electron chi connectivity index (χ3n) is 20.2. The standard InChI is InChI=1S/C53H34.C36H22O/c1-53(2)47-29-39(31-9-11-32(12-10-31)41-23-17-37-15-13-33-5-3-7-35-19-27-45(41)51(37)49(33)35)21-25-43(47)44-26-22-40(30-48(44)53)42-24-18-38-16-14-34-6-4-8-36-20-28-46(42)52(38)50(34)36;1-2-10-23(11-3-1)35-27-14-6-8-16-29(27)36(30-17-9-7-15-28(30)35)26-18-19-33-31(21-26)32-20-24-12-4-5-13-25(24)22-34(32)37-33/h3-30H,1-2H3;1-22H. The molecule has 0 radical (unpaired) electrons. The predicted octanol–water partition coefficient (Wildman–Crippen LogP) is 25.2. The van der Waals surface area contributed by atoms with Gasteiger partial charge in [-0.1, -0.05) is 281 Å². The van der Waals surface area contributed by atoms with Gasteiger partial charge in [-0.15, -0.1) is 0 Å². The van der Waals surface area contributed by atoms with E-state index < -0.39 is 0 Å². The minimum Gasteiger partial charge on any atom is -0.456 e. The highest BCUT2D eigenvalue weighted by molar-refractivity contribution is 6.27. The lowest BCUT2D eigenvalue weighted by Gasteiger charge is -2.23. The fraction of sp³-hybridized carbons (Fsp3) is 0.0337. The molecule has 0 atom stereocenters. The third kappa shape index (κ3) is 7.57. The topological polar surface area (TPSA) is 13.1 Å². The molecule has 0 spiro atoms. The third-order valence-corrected chi connectivity index (χ3v) is 20.2.